The number of hydrogen-bond acceptors (Lipinski definition) is 11. The number of rotatable bonds is 11. The molecule has 0 radical (unpaired) electrons. The van der Waals surface area contributed by atoms with Crippen molar-refractivity contribution in [2.24, 2.45) is 5.73 Å². The number of halogens is 1. The number of nitriles is 2. The lowest BCUT2D eigenvalue weighted by Crippen LogP contribution is -2.29. The van der Waals surface area contributed by atoms with E-state index in [0.29, 0.717) is 44.6 Å². The Bertz CT molecular complexity index is 1650. The molecule has 3 aromatic rings. The number of nitrogens with zero attached hydrogens (tertiary/aromatic N) is 5. The summed E-state index contributed by atoms with van der Waals surface area (Å²) in [7, 11) is 0. The molecule has 5 rings (SSSR count). The minimum absolute atomic E-state index is 0.0760. The highest BCUT2D eigenvalue weighted by Crippen LogP contribution is 2.40. The monoisotopic (exact) mass is 646 g/mol. The van der Waals surface area contributed by atoms with E-state index in [-0.39, 0.29) is 19.1 Å². The molecule has 12 heteroatoms. The van der Waals surface area contributed by atoms with Gasteiger partial charge < -0.3 is 20.1 Å². The van der Waals surface area contributed by atoms with E-state index >= 15 is 0 Å². The normalized spacial score (nSPS) is 16.6. The second-order valence-corrected chi connectivity index (χ2v) is 12.7. The number of hydrogen-bond donors (Lipinski definition) is 1. The predicted octanol–water partition coefficient (Wildman–Crippen LogP) is 6.28. The van der Waals surface area contributed by atoms with Gasteiger partial charge in [0.2, 0.25) is 0 Å². The number of benzene rings is 1. The first kappa shape index (κ1) is 31.6. The smallest absolute Gasteiger partial charge is 0.322 e. The maximum absolute atomic E-state index is 11.6. The van der Waals surface area contributed by atoms with Crippen LogP contribution < -0.4 is 15.4 Å². The molecule has 1 aromatic carbocycles. The van der Waals surface area contributed by atoms with Crippen molar-refractivity contribution in [3.63, 3.8) is 0 Å². The summed E-state index contributed by atoms with van der Waals surface area (Å²) in [6.45, 7) is 3.41. The van der Waals surface area contributed by atoms with Crippen LogP contribution >= 0.6 is 34.7 Å². The molecule has 1 fully saturated rings. The van der Waals surface area contributed by atoms with Crippen LogP contribution in [-0.4, -0.2) is 48.3 Å². The number of aromatic nitrogens is 2. The summed E-state index contributed by atoms with van der Waals surface area (Å²) in [5.74, 6) is 1.42. The molecule has 2 aliphatic rings. The molecule has 1 unspecified atom stereocenters. The maximum Gasteiger partial charge on any atom is 0.322 e. The molecule has 3 heterocycles. The summed E-state index contributed by atoms with van der Waals surface area (Å²) in [4.78, 5) is 23.4. The zero-order valence-electron chi connectivity index (χ0n) is 24.2. The van der Waals surface area contributed by atoms with Crippen molar-refractivity contribution in [3.8, 4) is 29.0 Å². The average Bonchev–Trinajstić information content (AvgIpc) is 3.75. The molecule has 0 amide bonds. The van der Waals surface area contributed by atoms with Crippen molar-refractivity contribution in [1.29, 1.82) is 10.5 Å². The standard InChI is InChI=1S/C32H31ClN6O3S2/c1-20(36)32(40)42-15-14-41-25-10-6-21(7-11-25)28-26(16-34)29(39-12-2-3-13-39)38-31(27(28)17-35)44-19-24-18-43-30(37-24)22-4-8-23(33)9-5-22/h4,6-11,18,20,22H,2-3,5,12-15,19,36H2,1H3/t20-,22?/m0/s1. The van der Waals surface area contributed by atoms with Gasteiger partial charge in [-0.15, -0.1) is 11.3 Å². The largest absolute Gasteiger partial charge is 0.490 e. The van der Waals surface area contributed by atoms with Crippen molar-refractivity contribution < 1.29 is 14.3 Å². The molecule has 2 atom stereocenters. The van der Waals surface area contributed by atoms with Gasteiger partial charge in [0.05, 0.1) is 11.3 Å². The molecule has 0 saturated carbocycles. The van der Waals surface area contributed by atoms with Gasteiger partial charge in [-0.25, -0.2) is 9.97 Å². The zero-order valence-corrected chi connectivity index (χ0v) is 26.6. The van der Waals surface area contributed by atoms with E-state index in [0.717, 1.165) is 48.1 Å². The molecule has 44 heavy (non-hydrogen) atoms. The lowest BCUT2D eigenvalue weighted by Gasteiger charge is -2.22. The Balaban J connectivity index is 1.40. The van der Waals surface area contributed by atoms with Gasteiger partial charge in [0.25, 0.3) is 0 Å². The van der Waals surface area contributed by atoms with Crippen molar-refractivity contribution in [2.45, 2.75) is 48.9 Å². The molecule has 0 spiro atoms. The van der Waals surface area contributed by atoms with E-state index in [9.17, 15) is 15.3 Å². The maximum atomic E-state index is 11.6. The fourth-order valence-corrected chi connectivity index (χ4v) is 7.00. The Morgan fingerprint density at radius 1 is 1.18 bits per heavy atom. The van der Waals surface area contributed by atoms with Gasteiger partial charge in [-0.2, -0.15) is 10.5 Å². The molecule has 1 saturated heterocycles. The number of esters is 1. The van der Waals surface area contributed by atoms with Gasteiger partial charge in [0.15, 0.2) is 0 Å². The van der Waals surface area contributed by atoms with Gasteiger partial charge in [-0.05, 0) is 50.0 Å². The highest BCUT2D eigenvalue weighted by atomic mass is 35.5. The lowest BCUT2D eigenvalue weighted by atomic mass is 9.96. The second kappa shape index (κ2) is 14.7. The molecular weight excluding hydrogens is 616 g/mol. The molecular formula is C32H31ClN6O3S2. The molecule has 1 aliphatic carbocycles. The number of ether oxygens (including phenoxy) is 2. The first-order valence-electron chi connectivity index (χ1n) is 14.3. The van der Waals surface area contributed by atoms with Crippen LogP contribution in [0.2, 0.25) is 0 Å². The Kier molecular flexibility index (Phi) is 10.6. The Morgan fingerprint density at radius 2 is 1.93 bits per heavy atom. The van der Waals surface area contributed by atoms with Crippen molar-refractivity contribution in [3.05, 3.63) is 74.7 Å². The van der Waals surface area contributed by atoms with E-state index in [2.05, 4.69) is 23.1 Å². The first-order valence-corrected chi connectivity index (χ1v) is 16.5. The molecule has 0 bridgehead atoms. The zero-order chi connectivity index (χ0) is 31.1. The number of pyridine rings is 1. The Labute approximate surface area is 270 Å². The van der Waals surface area contributed by atoms with E-state index in [1.54, 1.807) is 30.4 Å². The predicted molar refractivity (Wildman–Crippen MR) is 173 cm³/mol. The minimum Gasteiger partial charge on any atom is -0.490 e. The first-order chi connectivity index (χ1) is 21.4. The third-order valence-corrected chi connectivity index (χ3v) is 9.50. The number of anilines is 1. The third-order valence-electron chi connectivity index (χ3n) is 7.18. The van der Waals surface area contributed by atoms with Crippen LogP contribution in [0, 0.1) is 22.7 Å². The fraction of sp³-hybridized carbons (Fsp3) is 0.344. The quantitative estimate of drug-likeness (QED) is 0.144. The van der Waals surface area contributed by atoms with Crippen molar-refractivity contribution in [1.82, 2.24) is 9.97 Å². The van der Waals surface area contributed by atoms with Crippen molar-refractivity contribution in [2.75, 3.05) is 31.2 Å². The Hall–Kier alpha value is -3.87. The van der Waals surface area contributed by atoms with Crippen LogP contribution in [0.5, 0.6) is 5.75 Å². The van der Waals surface area contributed by atoms with Crippen LogP contribution in [0.15, 0.2) is 57.9 Å². The number of thioether (sulfide) groups is 1. The highest BCUT2D eigenvalue weighted by molar-refractivity contribution is 7.98. The summed E-state index contributed by atoms with van der Waals surface area (Å²) in [5, 5.41) is 25.1. The summed E-state index contributed by atoms with van der Waals surface area (Å²) in [5.41, 5.74) is 8.44. The Morgan fingerprint density at radius 3 is 2.59 bits per heavy atom. The molecule has 226 valence electrons. The van der Waals surface area contributed by atoms with E-state index < -0.39 is 12.0 Å². The number of thiazole rings is 1. The van der Waals surface area contributed by atoms with Crippen LogP contribution in [0.3, 0.4) is 0 Å². The topological polar surface area (TPSA) is 138 Å². The van der Waals surface area contributed by atoms with Gasteiger partial charge >= 0.3 is 5.97 Å². The summed E-state index contributed by atoms with van der Waals surface area (Å²) < 4.78 is 10.8. The summed E-state index contributed by atoms with van der Waals surface area (Å²) in [6, 6.07) is 11.2. The second-order valence-electron chi connectivity index (χ2n) is 10.4. The molecule has 2 N–H and O–H groups in total. The van der Waals surface area contributed by atoms with Crippen LogP contribution in [-0.2, 0) is 15.3 Å². The molecule has 1 aliphatic heterocycles. The lowest BCUT2D eigenvalue weighted by molar-refractivity contribution is -0.145. The van der Waals surface area contributed by atoms with E-state index in [4.69, 9.17) is 36.8 Å². The van der Waals surface area contributed by atoms with E-state index in [1.165, 1.54) is 11.8 Å². The number of carbonyl (C=O) groups is 1. The molecule has 9 nitrogen and oxygen atoms in total. The fourth-order valence-electron chi connectivity index (χ4n) is 4.94. The number of allylic oxidation sites excluding steroid dienone is 4. The SMILES string of the molecule is C[C@H](N)C(=O)OCCOc1ccc(-c2c(C#N)c(SCc3csc(C4C=CC(Cl)=CC4)n3)nc(N3CCCC3)c2C#N)cc1. The van der Waals surface area contributed by atoms with Gasteiger partial charge in [-0.3, -0.25) is 4.79 Å². The number of carbonyl (C=O) groups excluding carboxylic acids is 1. The van der Waals surface area contributed by atoms with Crippen molar-refractivity contribution >= 4 is 46.5 Å². The van der Waals surface area contributed by atoms with Gasteiger partial charge in [0.1, 0.15) is 58.6 Å². The molecule has 2 aromatic heterocycles. The van der Waals surface area contributed by atoms with E-state index in [1.807, 2.05) is 29.7 Å². The minimum atomic E-state index is -0.692. The average molecular weight is 647 g/mol. The van der Waals surface area contributed by atoms with Crippen LogP contribution in [0.1, 0.15) is 53.9 Å². The number of nitrogens with two attached hydrogens (primary N) is 1. The summed E-state index contributed by atoms with van der Waals surface area (Å²) in [6.07, 6.45) is 8.85. The van der Waals surface area contributed by atoms with Gasteiger partial charge in [0, 0.05) is 40.7 Å². The summed E-state index contributed by atoms with van der Waals surface area (Å²) >= 11 is 9.15. The van der Waals surface area contributed by atoms with Gasteiger partial charge in [-0.1, -0.05) is 47.6 Å². The third kappa shape index (κ3) is 7.43. The van der Waals surface area contributed by atoms with Crippen LogP contribution in [0.4, 0.5) is 5.82 Å². The highest BCUT2D eigenvalue weighted by Gasteiger charge is 2.26. The van der Waals surface area contributed by atoms with Crippen LogP contribution in [0.25, 0.3) is 11.1 Å².